The van der Waals surface area contributed by atoms with E-state index < -0.39 is 17.5 Å². The molecular formula is C16H12ClF3. The van der Waals surface area contributed by atoms with Crippen LogP contribution in [0.2, 0.25) is 5.02 Å². The Balaban J connectivity index is 2.02. The van der Waals surface area contributed by atoms with Crippen molar-refractivity contribution in [3.63, 3.8) is 0 Å². The van der Waals surface area contributed by atoms with Crippen LogP contribution in [0.5, 0.6) is 0 Å². The highest BCUT2D eigenvalue weighted by Gasteiger charge is 2.71. The topological polar surface area (TPSA) is 0 Å². The maximum absolute atomic E-state index is 13.6. The fraction of sp³-hybridized carbons (Fsp3) is 0.250. The number of benzene rings is 2. The predicted octanol–water partition coefficient (Wildman–Crippen LogP) is 5.33. The summed E-state index contributed by atoms with van der Waals surface area (Å²) in [6.45, 7) is 0. The average molecular weight is 297 g/mol. The first-order chi connectivity index (χ1) is 9.45. The molecule has 0 unspecified atom stereocenters. The normalized spacial score (nSPS) is 25.5. The lowest BCUT2D eigenvalue weighted by molar-refractivity contribution is -0.162. The molecule has 2 atom stereocenters. The molecule has 0 spiro atoms. The second kappa shape index (κ2) is 4.52. The van der Waals surface area contributed by atoms with Gasteiger partial charge in [0.25, 0.3) is 0 Å². The van der Waals surface area contributed by atoms with Gasteiger partial charge in [-0.1, -0.05) is 54.1 Å². The lowest BCUT2D eigenvalue weighted by Crippen LogP contribution is -2.30. The highest BCUT2D eigenvalue weighted by atomic mass is 35.5. The number of hydrogen-bond acceptors (Lipinski definition) is 0. The van der Waals surface area contributed by atoms with Crippen LogP contribution >= 0.6 is 11.6 Å². The molecule has 104 valence electrons. The van der Waals surface area contributed by atoms with Crippen molar-refractivity contribution in [2.24, 2.45) is 0 Å². The molecule has 2 aromatic carbocycles. The second-order valence-electron chi connectivity index (χ2n) is 5.14. The molecule has 0 bridgehead atoms. The summed E-state index contributed by atoms with van der Waals surface area (Å²) in [6.07, 6.45) is -4.15. The summed E-state index contributed by atoms with van der Waals surface area (Å²) in [5.41, 5.74) is -0.717. The fourth-order valence-electron chi connectivity index (χ4n) is 2.89. The summed E-state index contributed by atoms with van der Waals surface area (Å²) in [5, 5.41) is 0.534. The molecule has 0 amide bonds. The van der Waals surface area contributed by atoms with E-state index in [4.69, 9.17) is 11.6 Å². The molecule has 4 heteroatoms. The molecular weight excluding hydrogens is 285 g/mol. The van der Waals surface area contributed by atoms with Gasteiger partial charge in [-0.05, 0) is 29.7 Å². The van der Waals surface area contributed by atoms with Crippen LogP contribution < -0.4 is 0 Å². The maximum atomic E-state index is 13.6. The van der Waals surface area contributed by atoms with Crippen molar-refractivity contribution >= 4 is 11.6 Å². The van der Waals surface area contributed by atoms with Crippen molar-refractivity contribution in [2.45, 2.75) is 23.9 Å². The summed E-state index contributed by atoms with van der Waals surface area (Å²) in [6, 6.07) is 14.8. The molecule has 3 rings (SSSR count). The molecule has 0 radical (unpaired) electrons. The Labute approximate surface area is 120 Å². The molecule has 0 N–H and O–H groups in total. The van der Waals surface area contributed by atoms with Gasteiger partial charge in [0.2, 0.25) is 0 Å². The molecule has 0 heterocycles. The van der Waals surface area contributed by atoms with E-state index in [9.17, 15) is 13.2 Å². The Hall–Kier alpha value is -1.48. The van der Waals surface area contributed by atoms with E-state index in [1.807, 2.05) is 0 Å². The van der Waals surface area contributed by atoms with Gasteiger partial charge in [-0.25, -0.2) is 0 Å². The Morgan fingerprint density at radius 2 is 1.55 bits per heavy atom. The van der Waals surface area contributed by atoms with Crippen molar-refractivity contribution in [3.05, 3.63) is 70.7 Å². The largest absolute Gasteiger partial charge is 0.399 e. The van der Waals surface area contributed by atoms with Gasteiger partial charge in [0, 0.05) is 10.9 Å². The lowest BCUT2D eigenvalue weighted by Gasteiger charge is -2.22. The van der Waals surface area contributed by atoms with E-state index in [0.29, 0.717) is 16.1 Å². The molecule has 0 saturated heterocycles. The summed E-state index contributed by atoms with van der Waals surface area (Å²) in [5.74, 6) is -0.526. The average Bonchev–Trinajstić information content (AvgIpc) is 3.17. The summed E-state index contributed by atoms with van der Waals surface area (Å²) in [4.78, 5) is 0. The Morgan fingerprint density at radius 1 is 0.950 bits per heavy atom. The van der Waals surface area contributed by atoms with Crippen LogP contribution in [0.1, 0.15) is 23.5 Å². The molecule has 1 saturated carbocycles. The van der Waals surface area contributed by atoms with Gasteiger partial charge < -0.3 is 0 Å². The van der Waals surface area contributed by atoms with Gasteiger partial charge in [-0.15, -0.1) is 0 Å². The molecule has 20 heavy (non-hydrogen) atoms. The zero-order valence-corrected chi connectivity index (χ0v) is 11.2. The first-order valence-electron chi connectivity index (χ1n) is 6.33. The molecule has 0 aromatic heterocycles. The molecule has 1 aliphatic carbocycles. The number of hydrogen-bond donors (Lipinski definition) is 0. The smallest absolute Gasteiger partial charge is 0.170 e. The van der Waals surface area contributed by atoms with Crippen molar-refractivity contribution in [1.82, 2.24) is 0 Å². The quantitative estimate of drug-likeness (QED) is 0.703. The third-order valence-electron chi connectivity index (χ3n) is 4.03. The van der Waals surface area contributed by atoms with Crippen LogP contribution in [0.4, 0.5) is 13.2 Å². The Morgan fingerprint density at radius 3 is 2.10 bits per heavy atom. The van der Waals surface area contributed by atoms with Gasteiger partial charge in [0.15, 0.2) is 0 Å². The van der Waals surface area contributed by atoms with E-state index in [1.165, 1.54) is 0 Å². The van der Waals surface area contributed by atoms with E-state index >= 15 is 0 Å². The van der Waals surface area contributed by atoms with E-state index in [1.54, 1.807) is 54.6 Å². The van der Waals surface area contributed by atoms with E-state index in [-0.39, 0.29) is 6.42 Å². The second-order valence-corrected chi connectivity index (χ2v) is 5.58. The van der Waals surface area contributed by atoms with Gasteiger partial charge in [0.05, 0.1) is 5.41 Å². The molecule has 2 aromatic rings. The van der Waals surface area contributed by atoms with Crippen LogP contribution in [0.25, 0.3) is 0 Å². The minimum atomic E-state index is -4.25. The predicted molar refractivity (Wildman–Crippen MR) is 73.0 cm³/mol. The van der Waals surface area contributed by atoms with Crippen LogP contribution in [-0.2, 0) is 5.41 Å². The minimum absolute atomic E-state index is 0.0994. The van der Waals surface area contributed by atoms with E-state index in [2.05, 4.69) is 0 Å². The molecule has 1 aliphatic rings. The zero-order valence-electron chi connectivity index (χ0n) is 10.5. The van der Waals surface area contributed by atoms with Gasteiger partial charge >= 0.3 is 6.18 Å². The summed E-state index contributed by atoms with van der Waals surface area (Å²) >= 11 is 5.79. The summed E-state index contributed by atoms with van der Waals surface area (Å²) in [7, 11) is 0. The third-order valence-corrected chi connectivity index (χ3v) is 4.28. The number of halogens is 4. The van der Waals surface area contributed by atoms with Crippen molar-refractivity contribution in [3.8, 4) is 0 Å². The Bertz CT molecular complexity index is 604. The first kappa shape index (κ1) is 13.5. The fourth-order valence-corrected chi connectivity index (χ4v) is 3.02. The van der Waals surface area contributed by atoms with E-state index in [0.717, 1.165) is 0 Å². The van der Waals surface area contributed by atoms with Gasteiger partial charge in [-0.2, -0.15) is 13.2 Å². The SMILES string of the molecule is FC(F)(F)[C@]1(c2ccccc2)C[C@H]1c1ccc(Cl)cc1. The van der Waals surface area contributed by atoms with Crippen molar-refractivity contribution < 1.29 is 13.2 Å². The molecule has 0 aliphatic heterocycles. The van der Waals surface area contributed by atoms with Crippen molar-refractivity contribution in [2.75, 3.05) is 0 Å². The van der Waals surface area contributed by atoms with Crippen molar-refractivity contribution in [1.29, 1.82) is 0 Å². The van der Waals surface area contributed by atoms with Gasteiger partial charge in [0.1, 0.15) is 0 Å². The third kappa shape index (κ3) is 2.01. The van der Waals surface area contributed by atoms with Gasteiger partial charge in [-0.3, -0.25) is 0 Å². The Kier molecular flexibility index (Phi) is 3.05. The molecule has 0 nitrogen and oxygen atoms in total. The van der Waals surface area contributed by atoms with Crippen LogP contribution in [0.3, 0.4) is 0 Å². The number of alkyl halides is 3. The summed E-state index contributed by atoms with van der Waals surface area (Å²) < 4.78 is 40.7. The monoisotopic (exact) mass is 296 g/mol. The molecule has 1 fully saturated rings. The first-order valence-corrected chi connectivity index (χ1v) is 6.71. The standard InChI is InChI=1S/C16H12ClF3/c17-13-8-6-11(7-9-13)14-10-15(14,16(18,19)20)12-4-2-1-3-5-12/h1-9,14H,10H2/t14-,15-/m0/s1. The highest BCUT2D eigenvalue weighted by Crippen LogP contribution is 2.68. The van der Waals surface area contributed by atoms with Crippen LogP contribution in [0.15, 0.2) is 54.6 Å². The maximum Gasteiger partial charge on any atom is 0.399 e. The van der Waals surface area contributed by atoms with Crippen LogP contribution in [0, 0.1) is 0 Å². The lowest BCUT2D eigenvalue weighted by atomic mass is 9.90. The van der Waals surface area contributed by atoms with Crippen LogP contribution in [-0.4, -0.2) is 6.18 Å². The number of rotatable bonds is 2. The minimum Gasteiger partial charge on any atom is -0.170 e. The zero-order chi connectivity index (χ0) is 14.4. The highest BCUT2D eigenvalue weighted by molar-refractivity contribution is 6.30.